The number of rotatable bonds is 5. The molecule has 0 aliphatic heterocycles. The molecular formula is C29H27N7O. The van der Waals surface area contributed by atoms with E-state index in [9.17, 15) is 4.79 Å². The predicted molar refractivity (Wildman–Crippen MR) is 146 cm³/mol. The van der Waals surface area contributed by atoms with Crippen LogP contribution in [0.25, 0.3) is 39.4 Å². The van der Waals surface area contributed by atoms with Crippen molar-refractivity contribution in [2.24, 2.45) is 5.73 Å². The average molecular weight is 490 g/mol. The van der Waals surface area contributed by atoms with Gasteiger partial charge in [-0.25, -0.2) is 15.0 Å². The van der Waals surface area contributed by atoms with Crippen LogP contribution in [0.4, 0.5) is 11.5 Å². The second-order valence-electron chi connectivity index (χ2n) is 9.59. The maximum absolute atomic E-state index is 11.5. The Morgan fingerprint density at radius 2 is 1.81 bits per heavy atom. The Hall–Kier alpha value is -4.56. The highest BCUT2D eigenvalue weighted by Gasteiger charge is 2.34. The summed E-state index contributed by atoms with van der Waals surface area (Å²) in [5.41, 5.74) is 19.4. The molecule has 0 spiro atoms. The smallest absolute Gasteiger partial charge is 0.221 e. The van der Waals surface area contributed by atoms with E-state index in [0.29, 0.717) is 17.3 Å². The lowest BCUT2D eigenvalue weighted by Gasteiger charge is -2.38. The fourth-order valence-corrected chi connectivity index (χ4v) is 4.92. The van der Waals surface area contributed by atoms with Gasteiger partial charge in [0.05, 0.1) is 5.56 Å². The molecule has 184 valence electrons. The van der Waals surface area contributed by atoms with Gasteiger partial charge in [-0.2, -0.15) is 0 Å². The molecule has 1 amide bonds. The highest BCUT2D eigenvalue weighted by Crippen LogP contribution is 2.39. The summed E-state index contributed by atoms with van der Waals surface area (Å²) in [4.78, 5) is 25.6. The molecule has 1 aliphatic rings. The summed E-state index contributed by atoms with van der Waals surface area (Å²) in [5, 5.41) is 2.83. The highest BCUT2D eigenvalue weighted by atomic mass is 16.1. The number of carbonyl (C=O) groups is 1. The van der Waals surface area contributed by atoms with Crippen molar-refractivity contribution in [3.05, 3.63) is 84.7 Å². The molecule has 5 aromatic rings. The number of hydrogen-bond donors (Lipinski definition) is 3. The van der Waals surface area contributed by atoms with Crippen molar-refractivity contribution in [1.29, 1.82) is 0 Å². The van der Waals surface area contributed by atoms with E-state index in [1.54, 1.807) is 6.20 Å². The number of carbonyl (C=O) groups excluding carboxylic acids is 1. The average Bonchev–Trinajstić information content (AvgIpc) is 3.26. The first kappa shape index (κ1) is 22.9. The van der Waals surface area contributed by atoms with Crippen LogP contribution in [0, 0.1) is 0 Å². The van der Waals surface area contributed by atoms with Crippen LogP contribution >= 0.6 is 0 Å². The van der Waals surface area contributed by atoms with E-state index in [2.05, 4.69) is 34.6 Å². The van der Waals surface area contributed by atoms with Gasteiger partial charge in [-0.15, -0.1) is 0 Å². The normalized spacial score (nSPS) is 14.3. The summed E-state index contributed by atoms with van der Waals surface area (Å²) in [5.74, 6) is 0.942. The second-order valence-corrected chi connectivity index (χ2v) is 9.59. The van der Waals surface area contributed by atoms with Gasteiger partial charge >= 0.3 is 0 Å². The Balaban J connectivity index is 1.49. The first-order valence-electron chi connectivity index (χ1n) is 12.3. The Labute approximate surface area is 214 Å². The molecule has 0 saturated heterocycles. The largest absolute Gasteiger partial charge is 0.383 e. The standard InChI is InChI=1S/C29H27N7O/c1-18(37)34-22-6-2-5-19(15-22)20-16-25-28(33-17-20)36(27(35-25)24-7-3-14-32-26(24)30)23-10-8-21(9-11-23)29(31)12-4-13-29/h2-3,5-11,14-17H,4,12-13,31H2,1H3,(H2,30,32)(H,34,37). The lowest BCUT2D eigenvalue weighted by molar-refractivity contribution is -0.114. The number of benzene rings is 2. The van der Waals surface area contributed by atoms with Crippen LogP contribution in [0.3, 0.4) is 0 Å². The fraction of sp³-hybridized carbons (Fsp3) is 0.172. The fourth-order valence-electron chi connectivity index (χ4n) is 4.92. The zero-order chi connectivity index (χ0) is 25.6. The first-order valence-corrected chi connectivity index (χ1v) is 12.3. The number of pyridine rings is 2. The number of nitrogen functional groups attached to an aromatic ring is 1. The van der Waals surface area contributed by atoms with Crippen molar-refractivity contribution in [1.82, 2.24) is 19.5 Å². The number of nitrogens with one attached hydrogen (secondary N) is 1. The third-order valence-electron chi connectivity index (χ3n) is 7.04. The number of amides is 1. The topological polar surface area (TPSA) is 125 Å². The van der Waals surface area contributed by atoms with Gasteiger partial charge < -0.3 is 16.8 Å². The lowest BCUT2D eigenvalue weighted by atomic mass is 9.73. The quantitative estimate of drug-likeness (QED) is 0.318. The minimum absolute atomic E-state index is 0.118. The molecule has 0 atom stereocenters. The van der Waals surface area contributed by atoms with Crippen molar-refractivity contribution in [2.45, 2.75) is 31.7 Å². The number of hydrogen-bond acceptors (Lipinski definition) is 6. The number of aromatic nitrogens is 4. The van der Waals surface area contributed by atoms with Crippen LogP contribution in [0.1, 0.15) is 31.7 Å². The number of imidazole rings is 1. The van der Waals surface area contributed by atoms with E-state index < -0.39 is 0 Å². The number of anilines is 2. The SMILES string of the molecule is CC(=O)Nc1cccc(-c2cnc3c(c2)nc(-c2cccnc2N)n3-c2ccc(C3(N)CCC3)cc2)c1. The zero-order valence-corrected chi connectivity index (χ0v) is 20.5. The van der Waals surface area contributed by atoms with Gasteiger partial charge in [0.25, 0.3) is 0 Å². The van der Waals surface area contributed by atoms with E-state index in [-0.39, 0.29) is 11.4 Å². The first-order chi connectivity index (χ1) is 17.9. The van der Waals surface area contributed by atoms with Crippen LogP contribution in [0.2, 0.25) is 0 Å². The summed E-state index contributed by atoms with van der Waals surface area (Å²) in [6.07, 6.45) is 6.66. The number of nitrogens with zero attached hydrogens (tertiary/aromatic N) is 4. The molecule has 5 N–H and O–H groups in total. The van der Waals surface area contributed by atoms with Crippen molar-refractivity contribution >= 4 is 28.6 Å². The molecule has 1 saturated carbocycles. The Morgan fingerprint density at radius 1 is 1.00 bits per heavy atom. The molecule has 0 bridgehead atoms. The highest BCUT2D eigenvalue weighted by molar-refractivity contribution is 5.90. The van der Waals surface area contributed by atoms with Gasteiger partial charge in [-0.1, -0.05) is 24.3 Å². The van der Waals surface area contributed by atoms with Gasteiger partial charge in [0, 0.05) is 41.8 Å². The molecule has 37 heavy (non-hydrogen) atoms. The van der Waals surface area contributed by atoms with E-state index in [1.165, 1.54) is 6.92 Å². The van der Waals surface area contributed by atoms with Gasteiger partial charge in [-0.05, 0) is 72.9 Å². The van der Waals surface area contributed by atoms with Crippen molar-refractivity contribution in [3.63, 3.8) is 0 Å². The van der Waals surface area contributed by atoms with Crippen molar-refractivity contribution in [3.8, 4) is 28.2 Å². The lowest BCUT2D eigenvalue weighted by Crippen LogP contribution is -2.43. The number of fused-ring (bicyclic) bond motifs is 1. The monoisotopic (exact) mass is 489 g/mol. The van der Waals surface area contributed by atoms with Crippen LogP contribution in [0.15, 0.2) is 79.1 Å². The molecule has 8 nitrogen and oxygen atoms in total. The van der Waals surface area contributed by atoms with Crippen LogP contribution in [-0.4, -0.2) is 25.4 Å². The Bertz CT molecular complexity index is 1630. The van der Waals surface area contributed by atoms with E-state index in [4.69, 9.17) is 21.4 Å². The van der Waals surface area contributed by atoms with Crippen LogP contribution in [0.5, 0.6) is 0 Å². The molecule has 3 aromatic heterocycles. The van der Waals surface area contributed by atoms with E-state index in [1.807, 2.05) is 53.2 Å². The Kier molecular flexibility index (Phi) is 5.46. The maximum Gasteiger partial charge on any atom is 0.221 e. The van der Waals surface area contributed by atoms with Crippen molar-refractivity contribution in [2.75, 3.05) is 11.1 Å². The number of nitrogens with two attached hydrogens (primary N) is 2. The third-order valence-corrected chi connectivity index (χ3v) is 7.04. The third kappa shape index (κ3) is 4.11. The molecule has 8 heteroatoms. The van der Waals surface area contributed by atoms with E-state index >= 15 is 0 Å². The Morgan fingerprint density at radius 3 is 2.51 bits per heavy atom. The van der Waals surface area contributed by atoms with Gasteiger partial charge in [0.1, 0.15) is 11.3 Å². The molecule has 6 rings (SSSR count). The summed E-state index contributed by atoms with van der Waals surface area (Å²) < 4.78 is 2.01. The van der Waals surface area contributed by atoms with Crippen LogP contribution in [-0.2, 0) is 10.3 Å². The van der Waals surface area contributed by atoms with Crippen molar-refractivity contribution < 1.29 is 4.79 Å². The molecule has 1 fully saturated rings. The molecule has 0 radical (unpaired) electrons. The van der Waals surface area contributed by atoms with Gasteiger partial charge in [0.15, 0.2) is 11.5 Å². The zero-order valence-electron chi connectivity index (χ0n) is 20.5. The van der Waals surface area contributed by atoms with E-state index in [0.717, 1.165) is 58.4 Å². The molecule has 0 unspecified atom stereocenters. The molecular weight excluding hydrogens is 462 g/mol. The summed E-state index contributed by atoms with van der Waals surface area (Å²) in [6.45, 7) is 1.49. The minimum Gasteiger partial charge on any atom is -0.383 e. The van der Waals surface area contributed by atoms with Gasteiger partial charge in [0.2, 0.25) is 5.91 Å². The summed E-state index contributed by atoms with van der Waals surface area (Å²) >= 11 is 0. The van der Waals surface area contributed by atoms with Crippen LogP contribution < -0.4 is 16.8 Å². The predicted octanol–water partition coefficient (Wildman–Crippen LogP) is 5.03. The molecule has 3 heterocycles. The second kappa shape index (κ2) is 8.83. The maximum atomic E-state index is 11.5. The molecule has 1 aliphatic carbocycles. The summed E-state index contributed by atoms with van der Waals surface area (Å²) in [6, 6.07) is 21.7. The molecule has 2 aromatic carbocycles. The van der Waals surface area contributed by atoms with Gasteiger partial charge in [-0.3, -0.25) is 9.36 Å². The minimum atomic E-state index is -0.231. The summed E-state index contributed by atoms with van der Waals surface area (Å²) in [7, 11) is 0.